The van der Waals surface area contributed by atoms with Crippen molar-refractivity contribution in [2.45, 2.75) is 6.92 Å². The number of anilines is 1. The minimum atomic E-state index is -0.507. The summed E-state index contributed by atoms with van der Waals surface area (Å²) in [5, 5.41) is 2.98. The molecule has 0 aliphatic heterocycles. The first-order chi connectivity index (χ1) is 8.20. The summed E-state index contributed by atoms with van der Waals surface area (Å²) < 4.78 is 26.6. The van der Waals surface area contributed by atoms with Crippen LogP contribution in [0.25, 0.3) is 11.3 Å². The molecule has 88 valence electrons. The van der Waals surface area contributed by atoms with Crippen LogP contribution in [0.4, 0.5) is 14.6 Å². The van der Waals surface area contributed by atoms with Crippen LogP contribution in [0.3, 0.4) is 0 Å². The number of nitrogens with zero attached hydrogens (tertiary/aromatic N) is 2. The van der Waals surface area contributed by atoms with Crippen LogP contribution in [0, 0.1) is 11.6 Å². The van der Waals surface area contributed by atoms with Gasteiger partial charge in [0.2, 0.25) is 0 Å². The largest absolute Gasteiger partial charge is 0.370 e. The third-order valence-electron chi connectivity index (χ3n) is 2.23. The lowest BCUT2D eigenvalue weighted by Crippen LogP contribution is -2.00. The summed E-state index contributed by atoms with van der Waals surface area (Å²) in [6.07, 6.45) is 1.32. The van der Waals surface area contributed by atoms with Crippen molar-refractivity contribution in [1.82, 2.24) is 9.97 Å². The standard InChI is InChI=1S/C12H11F2N3/c1-2-15-12-6-11(16-7-17-12)9-5-8(13)3-4-10(9)14/h3-7H,2H2,1H3,(H,15,16,17). The van der Waals surface area contributed by atoms with Gasteiger partial charge < -0.3 is 5.32 Å². The maximum absolute atomic E-state index is 13.5. The monoisotopic (exact) mass is 235 g/mol. The highest BCUT2D eigenvalue weighted by Gasteiger charge is 2.08. The second kappa shape index (κ2) is 4.86. The Morgan fingerprint density at radius 2 is 2.00 bits per heavy atom. The summed E-state index contributed by atoms with van der Waals surface area (Å²) in [6.45, 7) is 2.62. The van der Waals surface area contributed by atoms with Crippen LogP contribution < -0.4 is 5.32 Å². The first kappa shape index (κ1) is 11.4. The molecule has 0 bridgehead atoms. The predicted octanol–water partition coefficient (Wildman–Crippen LogP) is 2.85. The quantitative estimate of drug-likeness (QED) is 0.888. The van der Waals surface area contributed by atoms with E-state index in [-0.39, 0.29) is 5.56 Å². The molecule has 0 spiro atoms. The fourth-order valence-corrected chi connectivity index (χ4v) is 1.48. The zero-order chi connectivity index (χ0) is 12.3. The Labute approximate surface area is 97.5 Å². The molecule has 0 amide bonds. The third kappa shape index (κ3) is 2.55. The van der Waals surface area contributed by atoms with Crippen molar-refractivity contribution in [2.24, 2.45) is 0 Å². The molecule has 17 heavy (non-hydrogen) atoms. The summed E-state index contributed by atoms with van der Waals surface area (Å²) >= 11 is 0. The molecule has 5 heteroatoms. The van der Waals surface area contributed by atoms with E-state index in [0.29, 0.717) is 18.1 Å². The van der Waals surface area contributed by atoms with Crippen LogP contribution in [0.15, 0.2) is 30.6 Å². The maximum Gasteiger partial charge on any atom is 0.132 e. The normalized spacial score (nSPS) is 10.3. The van der Waals surface area contributed by atoms with Gasteiger partial charge in [-0.3, -0.25) is 0 Å². The zero-order valence-electron chi connectivity index (χ0n) is 9.24. The van der Waals surface area contributed by atoms with Gasteiger partial charge in [0, 0.05) is 18.2 Å². The number of aromatic nitrogens is 2. The second-order valence-electron chi connectivity index (χ2n) is 3.44. The molecular weight excluding hydrogens is 224 g/mol. The molecule has 0 saturated heterocycles. The molecule has 0 aliphatic rings. The second-order valence-corrected chi connectivity index (χ2v) is 3.44. The van der Waals surface area contributed by atoms with Gasteiger partial charge in [0.1, 0.15) is 23.8 Å². The number of rotatable bonds is 3. The molecule has 1 aromatic carbocycles. The molecule has 2 aromatic rings. The van der Waals surface area contributed by atoms with Gasteiger partial charge in [0.15, 0.2) is 0 Å². The van der Waals surface area contributed by atoms with Crippen LogP contribution >= 0.6 is 0 Å². The number of hydrogen-bond donors (Lipinski definition) is 1. The highest BCUT2D eigenvalue weighted by molar-refractivity contribution is 5.62. The van der Waals surface area contributed by atoms with E-state index in [1.54, 1.807) is 6.07 Å². The van der Waals surface area contributed by atoms with Crippen LogP contribution in [-0.4, -0.2) is 16.5 Å². The lowest BCUT2D eigenvalue weighted by Gasteiger charge is -2.05. The van der Waals surface area contributed by atoms with Crippen LogP contribution in [0.2, 0.25) is 0 Å². The maximum atomic E-state index is 13.5. The Balaban J connectivity index is 2.45. The molecular formula is C12H11F2N3. The molecule has 2 rings (SSSR count). The van der Waals surface area contributed by atoms with Gasteiger partial charge in [-0.05, 0) is 25.1 Å². The van der Waals surface area contributed by atoms with Gasteiger partial charge in [-0.25, -0.2) is 18.7 Å². The van der Waals surface area contributed by atoms with E-state index in [9.17, 15) is 8.78 Å². The molecule has 3 nitrogen and oxygen atoms in total. The van der Waals surface area contributed by atoms with E-state index >= 15 is 0 Å². The van der Waals surface area contributed by atoms with E-state index < -0.39 is 11.6 Å². The average Bonchev–Trinajstić information content (AvgIpc) is 2.33. The molecule has 0 fully saturated rings. The number of benzene rings is 1. The molecule has 1 aromatic heterocycles. The van der Waals surface area contributed by atoms with Crippen molar-refractivity contribution in [3.8, 4) is 11.3 Å². The van der Waals surface area contributed by atoms with Crippen molar-refractivity contribution < 1.29 is 8.78 Å². The molecule has 0 radical (unpaired) electrons. The Bertz CT molecular complexity index is 529. The molecule has 1 N–H and O–H groups in total. The van der Waals surface area contributed by atoms with Gasteiger partial charge >= 0.3 is 0 Å². The summed E-state index contributed by atoms with van der Waals surface area (Å²) in [6, 6.07) is 4.86. The minimum absolute atomic E-state index is 0.131. The average molecular weight is 235 g/mol. The van der Waals surface area contributed by atoms with Crippen LogP contribution in [-0.2, 0) is 0 Å². The summed E-state index contributed by atoms with van der Waals surface area (Å²) in [4.78, 5) is 7.90. The Kier molecular flexibility index (Phi) is 3.27. The van der Waals surface area contributed by atoms with Crippen molar-refractivity contribution in [2.75, 3.05) is 11.9 Å². The Hall–Kier alpha value is -2.04. The van der Waals surface area contributed by atoms with Gasteiger partial charge in [0.25, 0.3) is 0 Å². The molecule has 0 aliphatic carbocycles. The first-order valence-corrected chi connectivity index (χ1v) is 5.22. The van der Waals surface area contributed by atoms with E-state index in [1.807, 2.05) is 6.92 Å². The lowest BCUT2D eigenvalue weighted by molar-refractivity contribution is 0.602. The van der Waals surface area contributed by atoms with Gasteiger partial charge in [-0.2, -0.15) is 0 Å². The summed E-state index contributed by atoms with van der Waals surface area (Å²) in [5.41, 5.74) is 0.486. The molecule has 0 atom stereocenters. The van der Waals surface area contributed by atoms with Crippen molar-refractivity contribution >= 4 is 5.82 Å². The van der Waals surface area contributed by atoms with Crippen LogP contribution in [0.5, 0.6) is 0 Å². The number of halogens is 2. The lowest BCUT2D eigenvalue weighted by atomic mass is 10.1. The predicted molar refractivity (Wildman–Crippen MR) is 61.5 cm³/mol. The third-order valence-corrected chi connectivity index (χ3v) is 2.23. The van der Waals surface area contributed by atoms with Gasteiger partial charge in [-0.15, -0.1) is 0 Å². The number of hydrogen-bond acceptors (Lipinski definition) is 3. The smallest absolute Gasteiger partial charge is 0.132 e. The van der Waals surface area contributed by atoms with Crippen molar-refractivity contribution in [3.63, 3.8) is 0 Å². The Morgan fingerprint density at radius 1 is 1.18 bits per heavy atom. The Morgan fingerprint density at radius 3 is 2.76 bits per heavy atom. The topological polar surface area (TPSA) is 37.8 Å². The van der Waals surface area contributed by atoms with Gasteiger partial charge in [-0.1, -0.05) is 0 Å². The molecule has 0 unspecified atom stereocenters. The van der Waals surface area contributed by atoms with E-state index in [4.69, 9.17) is 0 Å². The van der Waals surface area contributed by atoms with E-state index in [0.717, 1.165) is 18.2 Å². The highest BCUT2D eigenvalue weighted by atomic mass is 19.1. The van der Waals surface area contributed by atoms with E-state index in [1.165, 1.54) is 6.33 Å². The molecule has 1 heterocycles. The van der Waals surface area contributed by atoms with Crippen molar-refractivity contribution in [1.29, 1.82) is 0 Å². The number of nitrogens with one attached hydrogen (secondary N) is 1. The fourth-order valence-electron chi connectivity index (χ4n) is 1.48. The first-order valence-electron chi connectivity index (χ1n) is 5.22. The van der Waals surface area contributed by atoms with Crippen LogP contribution in [0.1, 0.15) is 6.92 Å². The van der Waals surface area contributed by atoms with Crippen molar-refractivity contribution in [3.05, 3.63) is 42.2 Å². The molecule has 0 saturated carbocycles. The zero-order valence-corrected chi connectivity index (χ0v) is 9.24. The summed E-state index contributed by atoms with van der Waals surface area (Å²) in [7, 11) is 0. The SMILES string of the molecule is CCNc1cc(-c2cc(F)ccc2F)ncn1. The summed E-state index contributed by atoms with van der Waals surface area (Å²) in [5.74, 6) is -0.418. The highest BCUT2D eigenvalue weighted by Crippen LogP contribution is 2.22. The van der Waals surface area contributed by atoms with Gasteiger partial charge in [0.05, 0.1) is 5.69 Å². The fraction of sp³-hybridized carbons (Fsp3) is 0.167. The van der Waals surface area contributed by atoms with E-state index in [2.05, 4.69) is 15.3 Å². The minimum Gasteiger partial charge on any atom is -0.370 e.